The van der Waals surface area contributed by atoms with Crippen molar-refractivity contribution in [3.8, 4) is 16.9 Å². The molecule has 0 radical (unpaired) electrons. The van der Waals surface area contributed by atoms with E-state index in [0.717, 1.165) is 39.2 Å². The average Bonchev–Trinajstić information content (AvgIpc) is 2.93. The summed E-state index contributed by atoms with van der Waals surface area (Å²) in [6, 6.07) is 17.9. The standard InChI is InChI=1S/C18H15N3O/c1-22-14-7-5-12(6-8-14)13-10-15(19)18-16(11-13)20-17-4-2-3-9-21(17)18/h2-11H,19H2,1H3. The number of fused-ring (bicyclic) bond motifs is 3. The molecule has 0 saturated heterocycles. The molecule has 22 heavy (non-hydrogen) atoms. The fourth-order valence-corrected chi connectivity index (χ4v) is 2.78. The Labute approximate surface area is 127 Å². The molecule has 108 valence electrons. The SMILES string of the molecule is COc1ccc(-c2cc(N)c3c(c2)nc2ccccn23)cc1. The molecule has 2 aromatic carbocycles. The summed E-state index contributed by atoms with van der Waals surface area (Å²) in [5.74, 6) is 0.838. The minimum atomic E-state index is 0.724. The van der Waals surface area contributed by atoms with Crippen molar-refractivity contribution in [2.24, 2.45) is 0 Å². The quantitative estimate of drug-likeness (QED) is 0.572. The molecule has 0 aliphatic carbocycles. The molecule has 4 rings (SSSR count). The Morgan fingerprint density at radius 1 is 1.00 bits per heavy atom. The van der Waals surface area contributed by atoms with Gasteiger partial charge in [0, 0.05) is 6.20 Å². The van der Waals surface area contributed by atoms with Crippen LogP contribution < -0.4 is 10.5 Å². The van der Waals surface area contributed by atoms with Gasteiger partial charge in [-0.05, 0) is 47.5 Å². The number of nitrogen functional groups attached to an aromatic ring is 1. The third-order valence-electron chi connectivity index (χ3n) is 3.86. The predicted molar refractivity (Wildman–Crippen MR) is 89.1 cm³/mol. The van der Waals surface area contributed by atoms with Crippen LogP contribution in [0.4, 0.5) is 5.69 Å². The highest BCUT2D eigenvalue weighted by atomic mass is 16.5. The van der Waals surface area contributed by atoms with Crippen LogP contribution in [0.5, 0.6) is 5.75 Å². The summed E-state index contributed by atoms with van der Waals surface area (Å²) in [7, 11) is 1.66. The Bertz CT molecular complexity index is 971. The van der Waals surface area contributed by atoms with Gasteiger partial charge in [0.1, 0.15) is 11.4 Å². The first-order valence-corrected chi connectivity index (χ1v) is 7.07. The van der Waals surface area contributed by atoms with E-state index in [1.54, 1.807) is 7.11 Å². The average molecular weight is 289 g/mol. The van der Waals surface area contributed by atoms with Gasteiger partial charge in [0.15, 0.2) is 0 Å². The zero-order valence-corrected chi connectivity index (χ0v) is 12.2. The van der Waals surface area contributed by atoms with Gasteiger partial charge in [-0.3, -0.25) is 4.40 Å². The van der Waals surface area contributed by atoms with Crippen LogP contribution in [-0.4, -0.2) is 16.5 Å². The van der Waals surface area contributed by atoms with Crippen LogP contribution in [0.1, 0.15) is 0 Å². The minimum absolute atomic E-state index is 0.724. The highest BCUT2D eigenvalue weighted by Crippen LogP contribution is 2.30. The molecule has 4 heteroatoms. The summed E-state index contributed by atoms with van der Waals surface area (Å²) in [4.78, 5) is 4.65. The lowest BCUT2D eigenvalue weighted by Gasteiger charge is -2.06. The molecule has 4 aromatic rings. The van der Waals surface area contributed by atoms with Gasteiger partial charge in [-0.2, -0.15) is 0 Å². The zero-order chi connectivity index (χ0) is 15.1. The number of imidazole rings is 1. The van der Waals surface area contributed by atoms with Gasteiger partial charge in [0.2, 0.25) is 0 Å². The molecule has 4 nitrogen and oxygen atoms in total. The van der Waals surface area contributed by atoms with Crippen molar-refractivity contribution in [2.45, 2.75) is 0 Å². The fraction of sp³-hybridized carbons (Fsp3) is 0.0556. The number of methoxy groups -OCH3 is 1. The van der Waals surface area contributed by atoms with Gasteiger partial charge < -0.3 is 10.5 Å². The van der Waals surface area contributed by atoms with E-state index in [0.29, 0.717) is 0 Å². The van der Waals surface area contributed by atoms with Crippen molar-refractivity contribution in [3.05, 3.63) is 60.8 Å². The Morgan fingerprint density at radius 2 is 1.82 bits per heavy atom. The van der Waals surface area contributed by atoms with Crippen molar-refractivity contribution < 1.29 is 4.74 Å². The summed E-state index contributed by atoms with van der Waals surface area (Å²) in [6.07, 6.45) is 1.98. The molecular weight excluding hydrogens is 274 g/mol. The van der Waals surface area contributed by atoms with E-state index in [1.165, 1.54) is 0 Å². The smallest absolute Gasteiger partial charge is 0.137 e. The van der Waals surface area contributed by atoms with Crippen LogP contribution in [-0.2, 0) is 0 Å². The molecule has 0 unspecified atom stereocenters. The monoisotopic (exact) mass is 289 g/mol. The maximum atomic E-state index is 6.28. The van der Waals surface area contributed by atoms with Gasteiger partial charge in [0.25, 0.3) is 0 Å². The van der Waals surface area contributed by atoms with Crippen molar-refractivity contribution in [1.29, 1.82) is 0 Å². The van der Waals surface area contributed by atoms with E-state index < -0.39 is 0 Å². The Morgan fingerprint density at radius 3 is 2.59 bits per heavy atom. The molecule has 0 atom stereocenters. The van der Waals surface area contributed by atoms with E-state index >= 15 is 0 Å². The number of aromatic nitrogens is 2. The van der Waals surface area contributed by atoms with Crippen molar-refractivity contribution in [1.82, 2.24) is 9.38 Å². The summed E-state index contributed by atoms with van der Waals surface area (Å²) >= 11 is 0. The Hall–Kier alpha value is -3.01. The van der Waals surface area contributed by atoms with Crippen molar-refractivity contribution in [2.75, 3.05) is 12.8 Å². The third kappa shape index (κ3) is 1.89. The van der Waals surface area contributed by atoms with Crippen LogP contribution in [0.15, 0.2) is 60.8 Å². The van der Waals surface area contributed by atoms with E-state index in [-0.39, 0.29) is 0 Å². The molecule has 2 heterocycles. The van der Waals surface area contributed by atoms with E-state index in [1.807, 2.05) is 59.1 Å². The second-order valence-corrected chi connectivity index (χ2v) is 5.20. The molecule has 2 aromatic heterocycles. The summed E-state index contributed by atoms with van der Waals surface area (Å²) in [5.41, 5.74) is 11.9. The lowest BCUT2D eigenvalue weighted by molar-refractivity contribution is 0.415. The molecule has 0 fully saturated rings. The molecule has 2 N–H and O–H groups in total. The topological polar surface area (TPSA) is 52.5 Å². The third-order valence-corrected chi connectivity index (χ3v) is 3.86. The maximum absolute atomic E-state index is 6.28. The molecule has 0 saturated carbocycles. The number of benzene rings is 2. The van der Waals surface area contributed by atoms with Gasteiger partial charge in [-0.1, -0.05) is 18.2 Å². The second kappa shape index (κ2) is 4.77. The second-order valence-electron chi connectivity index (χ2n) is 5.20. The Kier molecular flexibility index (Phi) is 2.76. The van der Waals surface area contributed by atoms with Crippen molar-refractivity contribution >= 4 is 22.4 Å². The fourth-order valence-electron chi connectivity index (χ4n) is 2.78. The van der Waals surface area contributed by atoms with Gasteiger partial charge in [-0.25, -0.2) is 4.98 Å². The number of rotatable bonds is 2. The molecular formula is C18H15N3O. The van der Waals surface area contributed by atoms with Crippen LogP contribution in [0.25, 0.3) is 27.8 Å². The predicted octanol–water partition coefficient (Wildman–Crippen LogP) is 3.75. The minimum Gasteiger partial charge on any atom is -0.497 e. The summed E-state index contributed by atoms with van der Waals surface area (Å²) < 4.78 is 7.21. The van der Waals surface area contributed by atoms with Gasteiger partial charge in [0.05, 0.1) is 23.8 Å². The maximum Gasteiger partial charge on any atom is 0.137 e. The van der Waals surface area contributed by atoms with Crippen LogP contribution in [0.2, 0.25) is 0 Å². The first-order chi connectivity index (χ1) is 10.8. The van der Waals surface area contributed by atoms with E-state index in [9.17, 15) is 0 Å². The number of nitrogens with two attached hydrogens (primary N) is 1. The number of nitrogens with zero attached hydrogens (tertiary/aromatic N) is 2. The number of ether oxygens (including phenoxy) is 1. The molecule has 0 aliphatic heterocycles. The van der Waals surface area contributed by atoms with E-state index in [2.05, 4.69) is 11.1 Å². The lowest BCUT2D eigenvalue weighted by atomic mass is 10.0. The first-order valence-electron chi connectivity index (χ1n) is 7.07. The summed E-state index contributed by atoms with van der Waals surface area (Å²) in [5, 5.41) is 0. The highest BCUT2D eigenvalue weighted by Gasteiger charge is 2.10. The normalized spacial score (nSPS) is 11.1. The largest absolute Gasteiger partial charge is 0.497 e. The highest BCUT2D eigenvalue weighted by molar-refractivity contribution is 5.94. The molecule has 0 bridgehead atoms. The van der Waals surface area contributed by atoms with E-state index in [4.69, 9.17) is 10.5 Å². The summed E-state index contributed by atoms with van der Waals surface area (Å²) in [6.45, 7) is 0. The zero-order valence-electron chi connectivity index (χ0n) is 12.2. The van der Waals surface area contributed by atoms with Gasteiger partial charge >= 0.3 is 0 Å². The number of pyridine rings is 1. The van der Waals surface area contributed by atoms with Crippen LogP contribution in [0, 0.1) is 0 Å². The Balaban J connectivity index is 1.94. The number of anilines is 1. The number of hydrogen-bond acceptors (Lipinski definition) is 3. The van der Waals surface area contributed by atoms with Gasteiger partial charge in [-0.15, -0.1) is 0 Å². The first kappa shape index (κ1) is 12.7. The van der Waals surface area contributed by atoms with Crippen LogP contribution in [0.3, 0.4) is 0 Å². The lowest BCUT2D eigenvalue weighted by Crippen LogP contribution is -1.91. The van der Waals surface area contributed by atoms with Crippen LogP contribution >= 0.6 is 0 Å². The van der Waals surface area contributed by atoms with Crippen molar-refractivity contribution in [3.63, 3.8) is 0 Å². The number of hydrogen-bond donors (Lipinski definition) is 1. The molecule has 0 aliphatic rings. The molecule has 0 amide bonds. The molecule has 0 spiro atoms.